The minimum absolute atomic E-state index is 0.317. The van der Waals surface area contributed by atoms with Crippen LogP contribution in [0.3, 0.4) is 0 Å². The van der Waals surface area contributed by atoms with E-state index in [0.29, 0.717) is 12.2 Å². The first-order chi connectivity index (χ1) is 9.16. The summed E-state index contributed by atoms with van der Waals surface area (Å²) in [5.74, 6) is -0.485. The molecule has 1 aromatic carbocycles. The second-order valence-corrected chi connectivity index (χ2v) is 4.34. The lowest BCUT2D eigenvalue weighted by Crippen LogP contribution is -2.36. The number of hydrogen-bond acceptors (Lipinski definition) is 4. The average molecular weight is 257 g/mol. The Morgan fingerprint density at radius 2 is 2.11 bits per heavy atom. The molecule has 1 aliphatic heterocycles. The summed E-state index contributed by atoms with van der Waals surface area (Å²) >= 11 is 0. The van der Waals surface area contributed by atoms with E-state index >= 15 is 0 Å². The number of nitrogens with zero attached hydrogens (tertiary/aromatic N) is 2. The number of carboxylic acids is 1. The summed E-state index contributed by atoms with van der Waals surface area (Å²) < 4.78 is 0. The largest absolute Gasteiger partial charge is 0.480 e. The minimum Gasteiger partial charge on any atom is -0.480 e. The maximum absolute atomic E-state index is 11.4. The molecule has 0 saturated carbocycles. The van der Waals surface area contributed by atoms with E-state index in [-0.39, 0.29) is 5.56 Å². The van der Waals surface area contributed by atoms with Crippen molar-refractivity contribution in [1.29, 1.82) is 0 Å². The number of fused-ring (bicyclic) bond motifs is 1. The molecular formula is C13H11N3O3. The normalized spacial score (nSPS) is 17.3. The van der Waals surface area contributed by atoms with E-state index in [9.17, 15) is 14.7 Å². The second-order valence-electron chi connectivity index (χ2n) is 4.34. The maximum atomic E-state index is 11.4. The lowest BCUT2D eigenvalue weighted by Gasteiger charge is -2.22. The fraction of sp³-hybridized carbons (Fsp3) is 0.154. The summed E-state index contributed by atoms with van der Waals surface area (Å²) in [5, 5.41) is 15.6. The van der Waals surface area contributed by atoms with Crippen LogP contribution in [0.5, 0.6) is 0 Å². The van der Waals surface area contributed by atoms with Crippen LogP contribution in [0.1, 0.15) is 5.56 Å². The number of hydrogen-bond donors (Lipinski definition) is 2. The molecule has 19 heavy (non-hydrogen) atoms. The van der Waals surface area contributed by atoms with E-state index in [2.05, 4.69) is 10.2 Å². The topological polar surface area (TPSA) is 86.3 Å². The Balaban J connectivity index is 2.12. The molecule has 0 aliphatic carbocycles. The van der Waals surface area contributed by atoms with Crippen LogP contribution in [0.2, 0.25) is 0 Å². The number of anilines is 2. The number of nitrogens with one attached hydrogen (secondary N) is 1. The molecule has 0 bridgehead atoms. The van der Waals surface area contributed by atoms with Gasteiger partial charge in [0.15, 0.2) is 5.82 Å². The number of H-pyrrole nitrogens is 1. The predicted octanol–water partition coefficient (Wildman–Crippen LogP) is 0.917. The molecule has 2 heterocycles. The number of aromatic amines is 1. The first kappa shape index (κ1) is 11.5. The third-order valence-electron chi connectivity index (χ3n) is 3.17. The van der Waals surface area contributed by atoms with Crippen molar-refractivity contribution in [2.75, 3.05) is 4.90 Å². The van der Waals surface area contributed by atoms with Gasteiger partial charge in [-0.2, -0.15) is 5.10 Å². The molecule has 6 heteroatoms. The number of carbonyl (C=O) groups is 1. The predicted molar refractivity (Wildman–Crippen MR) is 68.6 cm³/mol. The molecule has 1 atom stereocenters. The van der Waals surface area contributed by atoms with Gasteiger partial charge in [0, 0.05) is 18.2 Å². The molecule has 1 aliphatic rings. The molecule has 1 unspecified atom stereocenters. The van der Waals surface area contributed by atoms with E-state index < -0.39 is 12.0 Å². The van der Waals surface area contributed by atoms with E-state index in [0.717, 1.165) is 11.3 Å². The molecule has 0 spiro atoms. The van der Waals surface area contributed by atoms with Gasteiger partial charge in [0.25, 0.3) is 5.56 Å². The SMILES string of the molecule is O=C(O)C1Cc2ccccc2N1c1ccc(=O)[nH]n1. The lowest BCUT2D eigenvalue weighted by atomic mass is 10.1. The second kappa shape index (κ2) is 4.24. The Kier molecular flexibility index (Phi) is 2.56. The van der Waals surface area contributed by atoms with Crippen molar-refractivity contribution in [2.24, 2.45) is 0 Å². The fourth-order valence-electron chi connectivity index (χ4n) is 2.34. The van der Waals surface area contributed by atoms with Crippen LogP contribution in [-0.4, -0.2) is 27.3 Å². The van der Waals surface area contributed by atoms with Gasteiger partial charge in [-0.05, 0) is 17.7 Å². The highest BCUT2D eigenvalue weighted by molar-refractivity contribution is 5.86. The third-order valence-corrected chi connectivity index (χ3v) is 3.17. The van der Waals surface area contributed by atoms with Crippen LogP contribution >= 0.6 is 0 Å². The molecule has 0 saturated heterocycles. The van der Waals surface area contributed by atoms with Crippen molar-refractivity contribution in [3.05, 3.63) is 52.3 Å². The Morgan fingerprint density at radius 3 is 2.79 bits per heavy atom. The first-order valence-corrected chi connectivity index (χ1v) is 5.82. The zero-order chi connectivity index (χ0) is 13.4. The summed E-state index contributed by atoms with van der Waals surface area (Å²) in [6.45, 7) is 0. The standard InChI is InChI=1S/C13H11N3O3/c17-12-6-5-11(14-15-12)16-9-4-2-1-3-8(9)7-10(16)13(18)19/h1-6,10H,7H2,(H,15,17)(H,18,19). The van der Waals surface area contributed by atoms with Gasteiger partial charge in [0.2, 0.25) is 0 Å². The number of rotatable bonds is 2. The van der Waals surface area contributed by atoms with E-state index in [1.807, 2.05) is 24.3 Å². The molecular weight excluding hydrogens is 246 g/mol. The van der Waals surface area contributed by atoms with Gasteiger partial charge in [0.1, 0.15) is 6.04 Å². The van der Waals surface area contributed by atoms with Crippen LogP contribution in [0.25, 0.3) is 0 Å². The Morgan fingerprint density at radius 1 is 1.32 bits per heavy atom. The van der Waals surface area contributed by atoms with E-state index in [1.54, 1.807) is 4.90 Å². The molecule has 0 fully saturated rings. The molecule has 2 N–H and O–H groups in total. The highest BCUT2D eigenvalue weighted by Crippen LogP contribution is 2.36. The van der Waals surface area contributed by atoms with Crippen molar-refractivity contribution < 1.29 is 9.90 Å². The molecule has 0 amide bonds. The molecule has 0 radical (unpaired) electrons. The van der Waals surface area contributed by atoms with Crippen molar-refractivity contribution in [1.82, 2.24) is 10.2 Å². The van der Waals surface area contributed by atoms with Crippen LogP contribution in [-0.2, 0) is 11.2 Å². The minimum atomic E-state index is -0.913. The van der Waals surface area contributed by atoms with Gasteiger partial charge in [0.05, 0.1) is 0 Å². The molecule has 2 aromatic rings. The van der Waals surface area contributed by atoms with Crippen molar-refractivity contribution in [2.45, 2.75) is 12.5 Å². The van der Waals surface area contributed by atoms with Crippen molar-refractivity contribution in [3.8, 4) is 0 Å². The van der Waals surface area contributed by atoms with Gasteiger partial charge in [-0.25, -0.2) is 9.89 Å². The zero-order valence-electron chi connectivity index (χ0n) is 9.91. The number of aromatic nitrogens is 2. The molecule has 6 nitrogen and oxygen atoms in total. The maximum Gasteiger partial charge on any atom is 0.327 e. The Bertz CT molecular complexity index is 675. The van der Waals surface area contributed by atoms with Gasteiger partial charge < -0.3 is 10.0 Å². The van der Waals surface area contributed by atoms with Gasteiger partial charge >= 0.3 is 5.97 Å². The van der Waals surface area contributed by atoms with Gasteiger partial charge in [-0.15, -0.1) is 0 Å². The quantitative estimate of drug-likeness (QED) is 0.835. The monoisotopic (exact) mass is 257 g/mol. The number of para-hydroxylation sites is 1. The Hall–Kier alpha value is -2.63. The van der Waals surface area contributed by atoms with Crippen LogP contribution in [0.15, 0.2) is 41.2 Å². The lowest BCUT2D eigenvalue weighted by molar-refractivity contribution is -0.138. The zero-order valence-corrected chi connectivity index (χ0v) is 9.91. The van der Waals surface area contributed by atoms with E-state index in [1.165, 1.54) is 12.1 Å². The van der Waals surface area contributed by atoms with Crippen LogP contribution in [0, 0.1) is 0 Å². The number of benzene rings is 1. The first-order valence-electron chi connectivity index (χ1n) is 5.82. The van der Waals surface area contributed by atoms with Gasteiger partial charge in [-0.3, -0.25) is 4.79 Å². The Labute approximate surface area is 108 Å². The average Bonchev–Trinajstić information content (AvgIpc) is 2.79. The summed E-state index contributed by atoms with van der Waals surface area (Å²) in [4.78, 5) is 24.1. The highest BCUT2D eigenvalue weighted by Gasteiger charge is 2.35. The van der Waals surface area contributed by atoms with Crippen LogP contribution in [0.4, 0.5) is 11.5 Å². The summed E-state index contributed by atoms with van der Waals surface area (Å²) in [5.41, 5.74) is 1.46. The van der Waals surface area contributed by atoms with Crippen molar-refractivity contribution >= 4 is 17.5 Å². The fourth-order valence-corrected chi connectivity index (χ4v) is 2.34. The van der Waals surface area contributed by atoms with Gasteiger partial charge in [-0.1, -0.05) is 18.2 Å². The smallest absolute Gasteiger partial charge is 0.327 e. The number of carboxylic acid groups (broad SMARTS) is 1. The van der Waals surface area contributed by atoms with Crippen LogP contribution < -0.4 is 10.5 Å². The van der Waals surface area contributed by atoms with E-state index in [4.69, 9.17) is 0 Å². The highest BCUT2D eigenvalue weighted by atomic mass is 16.4. The molecule has 1 aromatic heterocycles. The third kappa shape index (κ3) is 1.87. The summed E-state index contributed by atoms with van der Waals surface area (Å²) in [6.07, 6.45) is 0.423. The summed E-state index contributed by atoms with van der Waals surface area (Å²) in [7, 11) is 0. The number of aliphatic carboxylic acids is 1. The molecule has 96 valence electrons. The summed E-state index contributed by atoms with van der Waals surface area (Å²) in [6, 6.07) is 9.64. The molecule has 3 rings (SSSR count). The van der Waals surface area contributed by atoms with Crippen molar-refractivity contribution in [3.63, 3.8) is 0 Å².